The lowest BCUT2D eigenvalue weighted by Gasteiger charge is -2.12. The van der Waals surface area contributed by atoms with Crippen LogP contribution in [0.2, 0.25) is 0 Å². The first-order valence-corrected chi connectivity index (χ1v) is 5.14. The molecule has 0 radical (unpaired) electrons. The minimum Gasteiger partial charge on any atom is -0.300 e. The van der Waals surface area contributed by atoms with Crippen LogP contribution in [0.25, 0.3) is 0 Å². The van der Waals surface area contributed by atoms with Crippen LogP contribution in [0.1, 0.15) is 19.8 Å². The van der Waals surface area contributed by atoms with E-state index in [1.54, 1.807) is 6.92 Å². The minimum atomic E-state index is 0.274. The highest BCUT2D eigenvalue weighted by Crippen LogP contribution is 2.70. The van der Waals surface area contributed by atoms with Crippen molar-refractivity contribution in [1.29, 1.82) is 5.26 Å². The second kappa shape index (κ2) is 2.15. The molecule has 3 aliphatic carbocycles. The molecule has 0 aromatic heterocycles. The van der Waals surface area contributed by atoms with Gasteiger partial charge in [-0.2, -0.15) is 5.26 Å². The standard InChI is InChI=1S/C11H13NO/c1-5(13)9-10-6-2-7(4-12)8(3-6)11(9)10/h6-11H,2-3H2,1H3/t6-,7-,8-,9+,10?,11?/m1/s1. The summed E-state index contributed by atoms with van der Waals surface area (Å²) in [5, 5.41) is 8.91. The van der Waals surface area contributed by atoms with Gasteiger partial charge in [0.1, 0.15) is 5.78 Å². The molecule has 0 aliphatic heterocycles. The molecule has 2 unspecified atom stereocenters. The Morgan fingerprint density at radius 1 is 1.38 bits per heavy atom. The number of nitriles is 1. The van der Waals surface area contributed by atoms with Crippen LogP contribution >= 0.6 is 0 Å². The lowest BCUT2D eigenvalue weighted by atomic mass is 9.90. The van der Waals surface area contributed by atoms with Crippen LogP contribution in [0.4, 0.5) is 0 Å². The molecule has 0 aromatic carbocycles. The Morgan fingerprint density at radius 2 is 2.15 bits per heavy atom. The number of ketones is 1. The number of Topliss-reactive ketones (excluding diaryl/α,β-unsaturated/α-hetero) is 1. The van der Waals surface area contributed by atoms with E-state index in [9.17, 15) is 4.79 Å². The second-order valence-electron chi connectivity index (χ2n) is 4.92. The van der Waals surface area contributed by atoms with Crippen LogP contribution in [0.15, 0.2) is 0 Å². The van der Waals surface area contributed by atoms with Gasteiger partial charge in [0.05, 0.1) is 6.07 Å². The average Bonchev–Trinajstić information content (AvgIpc) is 2.61. The summed E-state index contributed by atoms with van der Waals surface area (Å²) in [6, 6.07) is 2.40. The first kappa shape index (κ1) is 7.55. The van der Waals surface area contributed by atoms with Gasteiger partial charge in [-0.25, -0.2) is 0 Å². The molecule has 3 fully saturated rings. The SMILES string of the molecule is CC(=O)[C@H]1C2C1[C@@H]1C[C@H]2C[C@@H]1C#N. The summed E-state index contributed by atoms with van der Waals surface area (Å²) in [7, 11) is 0. The van der Waals surface area contributed by atoms with E-state index in [1.165, 1.54) is 6.42 Å². The first-order chi connectivity index (χ1) is 6.24. The number of nitrogens with zero attached hydrogens (tertiary/aromatic N) is 1. The maximum atomic E-state index is 11.3. The molecule has 6 atom stereocenters. The second-order valence-corrected chi connectivity index (χ2v) is 4.92. The van der Waals surface area contributed by atoms with Crippen molar-refractivity contribution in [1.82, 2.24) is 0 Å². The zero-order chi connectivity index (χ0) is 9.16. The monoisotopic (exact) mass is 175 g/mol. The first-order valence-electron chi connectivity index (χ1n) is 5.14. The van der Waals surface area contributed by atoms with Crippen molar-refractivity contribution >= 4 is 5.78 Å². The van der Waals surface area contributed by atoms with E-state index in [0.29, 0.717) is 35.4 Å². The largest absolute Gasteiger partial charge is 0.300 e. The third-order valence-electron chi connectivity index (χ3n) is 4.46. The Labute approximate surface area is 77.9 Å². The lowest BCUT2D eigenvalue weighted by molar-refractivity contribution is -0.119. The zero-order valence-corrected chi connectivity index (χ0v) is 7.73. The molecule has 3 saturated carbocycles. The molecule has 0 heterocycles. The van der Waals surface area contributed by atoms with Crippen molar-refractivity contribution in [2.24, 2.45) is 35.5 Å². The third-order valence-corrected chi connectivity index (χ3v) is 4.46. The molecule has 2 nitrogen and oxygen atoms in total. The van der Waals surface area contributed by atoms with E-state index in [4.69, 9.17) is 5.26 Å². The van der Waals surface area contributed by atoms with Gasteiger partial charge >= 0.3 is 0 Å². The topological polar surface area (TPSA) is 40.9 Å². The van der Waals surface area contributed by atoms with E-state index in [1.807, 2.05) is 0 Å². The summed E-state index contributed by atoms with van der Waals surface area (Å²) in [6.07, 6.45) is 2.31. The van der Waals surface area contributed by atoms with Crippen LogP contribution in [0, 0.1) is 46.8 Å². The lowest BCUT2D eigenvalue weighted by Crippen LogP contribution is -2.11. The van der Waals surface area contributed by atoms with E-state index in [0.717, 1.165) is 6.42 Å². The fourth-order valence-electron chi connectivity index (χ4n) is 4.06. The van der Waals surface area contributed by atoms with Crippen LogP contribution in [0.5, 0.6) is 0 Å². The number of rotatable bonds is 1. The molecule has 0 N–H and O–H groups in total. The molecule has 0 spiro atoms. The van der Waals surface area contributed by atoms with Crippen LogP contribution in [-0.2, 0) is 4.79 Å². The van der Waals surface area contributed by atoms with Crippen molar-refractivity contribution in [3.63, 3.8) is 0 Å². The van der Waals surface area contributed by atoms with Crippen LogP contribution in [0.3, 0.4) is 0 Å². The predicted molar refractivity (Wildman–Crippen MR) is 46.5 cm³/mol. The van der Waals surface area contributed by atoms with E-state index < -0.39 is 0 Å². The third kappa shape index (κ3) is 0.757. The highest BCUT2D eigenvalue weighted by molar-refractivity contribution is 5.82. The average molecular weight is 175 g/mol. The molecule has 13 heavy (non-hydrogen) atoms. The summed E-state index contributed by atoms with van der Waals surface area (Å²) in [6.45, 7) is 1.71. The Hall–Kier alpha value is -0.840. The summed E-state index contributed by atoms with van der Waals surface area (Å²) in [4.78, 5) is 11.3. The van der Waals surface area contributed by atoms with Crippen molar-refractivity contribution in [3.8, 4) is 6.07 Å². The van der Waals surface area contributed by atoms with Gasteiger partial charge in [0, 0.05) is 11.8 Å². The molecule has 3 rings (SSSR count). The Kier molecular flexibility index (Phi) is 1.25. The molecule has 0 aromatic rings. The fraction of sp³-hybridized carbons (Fsp3) is 0.818. The summed E-state index contributed by atoms with van der Waals surface area (Å²) >= 11 is 0. The number of fused-ring (bicyclic) bond motifs is 5. The van der Waals surface area contributed by atoms with Gasteiger partial charge in [-0.1, -0.05) is 0 Å². The fourth-order valence-corrected chi connectivity index (χ4v) is 4.06. The molecule has 0 amide bonds. The number of carbonyl (C=O) groups excluding carboxylic acids is 1. The summed E-state index contributed by atoms with van der Waals surface area (Å²) < 4.78 is 0. The van der Waals surface area contributed by atoms with Gasteiger partial charge in [0.2, 0.25) is 0 Å². The van der Waals surface area contributed by atoms with Gasteiger partial charge in [-0.3, -0.25) is 4.79 Å². The van der Waals surface area contributed by atoms with E-state index in [-0.39, 0.29) is 5.92 Å². The van der Waals surface area contributed by atoms with Gasteiger partial charge in [0.25, 0.3) is 0 Å². The Bertz CT molecular complexity index is 317. The maximum absolute atomic E-state index is 11.3. The smallest absolute Gasteiger partial charge is 0.133 e. The van der Waals surface area contributed by atoms with Gasteiger partial charge in [-0.15, -0.1) is 0 Å². The van der Waals surface area contributed by atoms with Crippen molar-refractivity contribution < 1.29 is 4.79 Å². The molecule has 0 saturated heterocycles. The zero-order valence-electron chi connectivity index (χ0n) is 7.73. The van der Waals surface area contributed by atoms with Gasteiger partial charge < -0.3 is 0 Å². The highest BCUT2D eigenvalue weighted by atomic mass is 16.1. The number of hydrogen-bond donors (Lipinski definition) is 0. The molecule has 2 heteroatoms. The molecular formula is C11H13NO. The van der Waals surface area contributed by atoms with Crippen LogP contribution < -0.4 is 0 Å². The summed E-state index contributed by atoms with van der Waals surface area (Å²) in [5.41, 5.74) is 0. The van der Waals surface area contributed by atoms with Gasteiger partial charge in [0.15, 0.2) is 0 Å². The molecular weight excluding hydrogens is 162 g/mol. The van der Waals surface area contributed by atoms with E-state index in [2.05, 4.69) is 6.07 Å². The van der Waals surface area contributed by atoms with Crippen molar-refractivity contribution in [2.75, 3.05) is 0 Å². The Balaban J connectivity index is 1.85. The predicted octanol–water partition coefficient (Wildman–Crippen LogP) is 1.62. The quantitative estimate of drug-likeness (QED) is 0.607. The molecule has 3 aliphatic rings. The van der Waals surface area contributed by atoms with Crippen molar-refractivity contribution in [3.05, 3.63) is 0 Å². The Morgan fingerprint density at radius 3 is 2.77 bits per heavy atom. The summed E-state index contributed by atoms with van der Waals surface area (Å²) in [5.74, 6) is 3.58. The number of hydrogen-bond acceptors (Lipinski definition) is 2. The molecule has 2 bridgehead atoms. The normalized spacial score (nSPS) is 55.7. The highest BCUT2D eigenvalue weighted by Gasteiger charge is 2.69. The van der Waals surface area contributed by atoms with E-state index >= 15 is 0 Å². The minimum absolute atomic E-state index is 0.274. The number of carbonyl (C=O) groups is 1. The van der Waals surface area contributed by atoms with Crippen LogP contribution in [-0.4, -0.2) is 5.78 Å². The molecule has 68 valence electrons. The maximum Gasteiger partial charge on any atom is 0.133 e. The van der Waals surface area contributed by atoms with Gasteiger partial charge in [-0.05, 0) is 43.4 Å². The van der Waals surface area contributed by atoms with Crippen molar-refractivity contribution in [2.45, 2.75) is 19.8 Å².